The van der Waals surface area contributed by atoms with Crippen LogP contribution in [-0.4, -0.2) is 177 Å². The zero-order valence-corrected chi connectivity index (χ0v) is 57.1. The van der Waals surface area contributed by atoms with E-state index in [0.717, 1.165) is 225 Å². The molecule has 9 N–H and O–H groups in total. The second-order valence-electron chi connectivity index (χ2n) is 26.8. The predicted octanol–water partition coefficient (Wildman–Crippen LogP) is 10.7. The van der Waals surface area contributed by atoms with Gasteiger partial charge in [-0.1, -0.05) is 18.2 Å². The highest BCUT2D eigenvalue weighted by molar-refractivity contribution is 6.10. The molecule has 12 aromatic rings. The van der Waals surface area contributed by atoms with Crippen molar-refractivity contribution in [2.45, 2.75) is 33.5 Å². The molecule has 0 unspecified atom stereocenters. The van der Waals surface area contributed by atoms with Crippen LogP contribution in [0.2, 0.25) is 0 Å². The second kappa shape index (κ2) is 27.2. The number of hydrogen-bond donors (Lipinski definition) is 9. The van der Waals surface area contributed by atoms with Crippen LogP contribution >= 0.6 is 0 Å². The number of aromatic nitrogens is 9. The lowest BCUT2D eigenvalue weighted by atomic mass is 9.94. The fraction of sp³-hybridized carbons (Fsp3) is 0.260. The van der Waals surface area contributed by atoms with E-state index in [2.05, 4.69) is 176 Å². The van der Waals surface area contributed by atoms with Gasteiger partial charge in [-0.15, -0.1) is 0 Å². The molecule has 15 heterocycles. The van der Waals surface area contributed by atoms with E-state index in [4.69, 9.17) is 0 Å². The molecule has 3 aromatic carbocycles. The third kappa shape index (κ3) is 12.8. The first-order chi connectivity index (χ1) is 49.3. The van der Waals surface area contributed by atoms with Gasteiger partial charge in [0.15, 0.2) is 0 Å². The van der Waals surface area contributed by atoms with Crippen LogP contribution in [0.5, 0.6) is 0 Å². The summed E-state index contributed by atoms with van der Waals surface area (Å²) in [6, 6.07) is 34.6. The number of piperazine rings is 3. The molecule has 0 aliphatic carbocycles. The Morgan fingerprint density at radius 3 is 1.24 bits per heavy atom. The van der Waals surface area contributed by atoms with Gasteiger partial charge in [-0.25, -0.2) is 29.9 Å². The highest BCUT2D eigenvalue weighted by atomic mass is 16.2. The van der Waals surface area contributed by atoms with Crippen molar-refractivity contribution >= 4 is 102 Å². The summed E-state index contributed by atoms with van der Waals surface area (Å²) in [5.41, 5.74) is 21.6. The number of hydrogen-bond acceptors (Lipinski definition) is 18. The Kier molecular flexibility index (Phi) is 17.2. The van der Waals surface area contributed by atoms with E-state index in [1.807, 2.05) is 112 Å². The van der Waals surface area contributed by atoms with Gasteiger partial charge in [-0.3, -0.25) is 14.4 Å². The number of anilines is 9. The van der Waals surface area contributed by atoms with Gasteiger partial charge in [0.2, 0.25) is 0 Å². The zero-order valence-electron chi connectivity index (χ0n) is 57.1. The number of rotatable bonds is 12. The number of fused-ring (bicyclic) bond motifs is 6. The van der Waals surface area contributed by atoms with Gasteiger partial charge in [-0.2, -0.15) is 0 Å². The van der Waals surface area contributed by atoms with Gasteiger partial charge in [-0.05, 0) is 164 Å². The fourth-order valence-electron chi connectivity index (χ4n) is 14.5. The third-order valence-corrected chi connectivity index (χ3v) is 20.2. The lowest BCUT2D eigenvalue weighted by Crippen LogP contribution is -2.44. The SMILES string of the molecule is CN1CCN(c2ccc(Nc3ccc(-c4ccnc5[nH]ccc45)c4c3C(=O)NC4)nc2)CC1.Cc1ccc2c(-c3ccc(Nc4ccc(N5CCN(C)CC5)cn4)c4c3CNC4=O)c[nH]c2n1.Cc1cnc2[nH]cc(-c3ccc(Nc4ccc(N5CCN(C)CC5)cn4)c4c3CNC4=O)c2c1. The minimum Gasteiger partial charge on any atom is -0.368 e. The predicted molar refractivity (Wildman–Crippen MR) is 399 cm³/mol. The second-order valence-corrected chi connectivity index (χ2v) is 26.8. The van der Waals surface area contributed by atoms with Crippen molar-refractivity contribution in [3.63, 3.8) is 0 Å². The number of H-pyrrole nitrogens is 3. The number of carbonyl (C=O) groups is 3. The zero-order chi connectivity index (χ0) is 68.8. The highest BCUT2D eigenvalue weighted by Gasteiger charge is 2.31. The summed E-state index contributed by atoms with van der Waals surface area (Å²) in [4.78, 5) is 89.5. The maximum Gasteiger partial charge on any atom is 0.254 e. The monoisotopic (exact) mass is 1350 g/mol. The smallest absolute Gasteiger partial charge is 0.254 e. The van der Waals surface area contributed by atoms with Gasteiger partial charge in [0.25, 0.3) is 17.7 Å². The molecule has 0 bridgehead atoms. The summed E-state index contributed by atoms with van der Waals surface area (Å²) in [5.74, 6) is 1.96. The first kappa shape index (κ1) is 64.0. The third-order valence-electron chi connectivity index (χ3n) is 20.2. The average molecular weight is 1350 g/mol. The van der Waals surface area contributed by atoms with Crippen molar-refractivity contribution in [3.05, 3.63) is 197 Å². The van der Waals surface area contributed by atoms with Crippen LogP contribution in [-0.2, 0) is 19.6 Å². The van der Waals surface area contributed by atoms with Gasteiger partial charge >= 0.3 is 0 Å². The van der Waals surface area contributed by atoms with Gasteiger partial charge < -0.3 is 76.3 Å². The number of nitrogens with zero attached hydrogens (tertiary/aromatic N) is 12. The minimum atomic E-state index is -0.0674. The van der Waals surface area contributed by atoms with Crippen LogP contribution in [0.4, 0.5) is 51.6 Å². The topological polar surface area (TPSA) is 268 Å². The van der Waals surface area contributed by atoms with Crippen molar-refractivity contribution in [1.29, 1.82) is 0 Å². The van der Waals surface area contributed by atoms with Crippen LogP contribution < -0.4 is 46.6 Å². The lowest BCUT2D eigenvalue weighted by molar-refractivity contribution is 0.0958. The fourth-order valence-corrected chi connectivity index (χ4v) is 14.5. The molecule has 3 amide bonds. The molecule has 0 spiro atoms. The molecule has 101 heavy (non-hydrogen) atoms. The van der Waals surface area contributed by atoms with Crippen molar-refractivity contribution in [2.75, 3.05) is 130 Å². The molecular weight excluding hydrogens is 1270 g/mol. The number of pyridine rings is 6. The lowest BCUT2D eigenvalue weighted by Gasteiger charge is -2.33. The normalized spacial score (nSPS) is 16.1. The molecule has 6 aliphatic heterocycles. The number of nitrogens with one attached hydrogen (secondary N) is 9. The maximum atomic E-state index is 12.8. The van der Waals surface area contributed by atoms with Crippen molar-refractivity contribution < 1.29 is 14.4 Å². The van der Waals surface area contributed by atoms with Crippen LogP contribution in [0.15, 0.2) is 153 Å². The number of carbonyl (C=O) groups excluding carboxylic acids is 3. The van der Waals surface area contributed by atoms with Crippen molar-refractivity contribution in [1.82, 2.24) is 75.5 Å². The molecule has 24 heteroatoms. The van der Waals surface area contributed by atoms with E-state index in [0.29, 0.717) is 36.3 Å². The Balaban J connectivity index is 0.000000118. The molecule has 0 saturated carbocycles. The summed E-state index contributed by atoms with van der Waals surface area (Å²) in [7, 11) is 6.45. The van der Waals surface area contributed by atoms with E-state index in [9.17, 15) is 14.4 Å². The molecule has 9 aromatic heterocycles. The van der Waals surface area contributed by atoms with Crippen LogP contribution in [0.25, 0.3) is 66.5 Å². The van der Waals surface area contributed by atoms with E-state index < -0.39 is 0 Å². The highest BCUT2D eigenvalue weighted by Crippen LogP contribution is 2.42. The molecule has 3 saturated heterocycles. The number of aryl methyl sites for hydroxylation is 2. The first-order valence-electron chi connectivity index (χ1n) is 34.4. The Hall–Kier alpha value is -11.7. The summed E-state index contributed by atoms with van der Waals surface area (Å²) < 4.78 is 0. The number of amides is 3. The summed E-state index contributed by atoms with van der Waals surface area (Å²) in [5, 5.41) is 22.2. The van der Waals surface area contributed by atoms with Crippen LogP contribution in [0, 0.1) is 13.8 Å². The van der Waals surface area contributed by atoms with E-state index >= 15 is 0 Å². The quantitative estimate of drug-likeness (QED) is 0.0550. The number of aromatic amines is 3. The van der Waals surface area contributed by atoms with Crippen molar-refractivity contribution in [3.8, 4) is 33.4 Å². The molecule has 18 rings (SSSR count). The van der Waals surface area contributed by atoms with Crippen molar-refractivity contribution in [2.24, 2.45) is 0 Å². The Morgan fingerprint density at radius 1 is 0.376 bits per heavy atom. The summed E-state index contributed by atoms with van der Waals surface area (Å²) >= 11 is 0. The Morgan fingerprint density at radius 2 is 0.792 bits per heavy atom. The standard InChI is InChI=1S/2C26H27N7O.C25H25N7O/c1-16-11-19-20(14-29-25(19)28-12-16)18-4-5-22(24-21(18)15-30-26(24)34)31-23-6-3-17(13-27-23)33-9-7-32(2)8-10-33;1-16-3-5-19-20(14-28-25(19)30-16)18-6-7-22(24-21(18)15-29-26(24)34)31-23-8-4-17(13-27-23)33-11-9-32(2)10-12-33;1-31-10-12-32(13-11-31)16-2-5-22(28-14-16)30-21-4-3-17(20-15-29-25(33)23(20)21)18-6-8-26-24-19(18)7-9-27-24/h3-6,11-14H,7-10,15H2,1-2H3,(H,27,31)(H,28,29)(H,30,34);3-8,13-14H,9-12,15H2,1-2H3,(H,27,31)(H,28,30)(H,29,34);2-9,14H,10-13,15H2,1H3,(H,26,27)(H,28,30)(H,29,33). The molecule has 3 fully saturated rings. The maximum absolute atomic E-state index is 12.8. The molecule has 6 aliphatic rings. The summed E-state index contributed by atoms with van der Waals surface area (Å²) in [6.07, 6.45) is 15.2. The molecule has 24 nitrogen and oxygen atoms in total. The first-order valence-corrected chi connectivity index (χ1v) is 34.4. The Bertz CT molecular complexity index is 5120. The number of likely N-dealkylation sites (N-methyl/N-ethyl adjacent to an activating group) is 3. The van der Waals surface area contributed by atoms with Gasteiger partial charge in [0.1, 0.15) is 34.4 Å². The molecule has 0 atom stereocenters. The van der Waals surface area contributed by atoms with Gasteiger partial charge in [0.05, 0.1) is 69.4 Å². The number of benzene rings is 3. The largest absolute Gasteiger partial charge is 0.368 e. The van der Waals surface area contributed by atoms with E-state index in [1.54, 1.807) is 6.20 Å². The van der Waals surface area contributed by atoms with E-state index in [1.165, 1.54) is 0 Å². The van der Waals surface area contributed by atoms with Gasteiger partial charge in [0, 0.05) is 162 Å². The average Bonchev–Trinajstić information content (AvgIpc) is 1.65. The molecular formula is C77H79N21O3. The Labute approximate surface area is 584 Å². The van der Waals surface area contributed by atoms with Crippen LogP contribution in [0.3, 0.4) is 0 Å². The van der Waals surface area contributed by atoms with Crippen LogP contribution in [0.1, 0.15) is 59.0 Å². The minimum absolute atomic E-state index is 0.0669. The summed E-state index contributed by atoms with van der Waals surface area (Å²) in [6.45, 7) is 17.9. The van der Waals surface area contributed by atoms with E-state index in [-0.39, 0.29) is 17.7 Å². The molecule has 0 radical (unpaired) electrons. The molecule has 510 valence electrons.